The Labute approximate surface area is 151 Å². The van der Waals surface area contributed by atoms with Crippen molar-refractivity contribution in [3.05, 3.63) is 59.7 Å². The number of nitrogens with zero attached hydrogens (tertiary/aromatic N) is 2. The standard InChI is InChI=1S/C20H19N3O3/c1-13-6-5-7-14(12-13)21-19(26)20-11-10-17(24)23(20)16-9-4-3-8-15(16)18(25)22(20)2/h3-9,12H,10-11H2,1-2H3,(H,21,26). The van der Waals surface area contributed by atoms with E-state index >= 15 is 0 Å². The molecule has 132 valence electrons. The van der Waals surface area contributed by atoms with E-state index in [1.54, 1.807) is 37.4 Å². The lowest BCUT2D eigenvalue weighted by atomic mass is 9.96. The number of anilines is 2. The Bertz CT molecular complexity index is 939. The number of aryl methyl sites for hydroxylation is 1. The van der Waals surface area contributed by atoms with Crippen LogP contribution in [-0.2, 0) is 9.59 Å². The zero-order chi connectivity index (χ0) is 18.5. The van der Waals surface area contributed by atoms with Crippen LogP contribution in [0.1, 0.15) is 28.8 Å². The first-order valence-corrected chi connectivity index (χ1v) is 8.53. The van der Waals surface area contributed by atoms with Gasteiger partial charge in [-0.2, -0.15) is 0 Å². The number of hydrogen-bond acceptors (Lipinski definition) is 3. The number of para-hydroxylation sites is 1. The van der Waals surface area contributed by atoms with Crippen molar-refractivity contribution in [3.63, 3.8) is 0 Å². The first-order chi connectivity index (χ1) is 12.4. The van der Waals surface area contributed by atoms with Gasteiger partial charge in [0.2, 0.25) is 11.6 Å². The maximum absolute atomic E-state index is 13.3. The quantitative estimate of drug-likeness (QED) is 0.906. The molecule has 26 heavy (non-hydrogen) atoms. The molecule has 1 saturated heterocycles. The van der Waals surface area contributed by atoms with Crippen LogP contribution in [0.4, 0.5) is 11.4 Å². The zero-order valence-electron chi connectivity index (χ0n) is 14.7. The van der Waals surface area contributed by atoms with Gasteiger partial charge in [0, 0.05) is 25.6 Å². The lowest BCUT2D eigenvalue weighted by Gasteiger charge is -2.47. The lowest BCUT2D eigenvalue weighted by Crippen LogP contribution is -2.68. The third-order valence-corrected chi connectivity index (χ3v) is 5.18. The highest BCUT2D eigenvalue weighted by Gasteiger charge is 2.59. The normalized spacial score (nSPS) is 21.5. The van der Waals surface area contributed by atoms with Crippen molar-refractivity contribution in [2.45, 2.75) is 25.4 Å². The van der Waals surface area contributed by atoms with Crippen LogP contribution in [0.25, 0.3) is 0 Å². The molecule has 2 aliphatic heterocycles. The summed E-state index contributed by atoms with van der Waals surface area (Å²) in [7, 11) is 1.58. The highest BCUT2D eigenvalue weighted by atomic mass is 16.2. The van der Waals surface area contributed by atoms with Gasteiger partial charge in [0.05, 0.1) is 11.3 Å². The van der Waals surface area contributed by atoms with Crippen LogP contribution < -0.4 is 10.2 Å². The summed E-state index contributed by atoms with van der Waals surface area (Å²) in [5.74, 6) is -0.790. The molecule has 0 bridgehead atoms. The Morgan fingerprint density at radius 1 is 1.12 bits per heavy atom. The van der Waals surface area contributed by atoms with E-state index in [9.17, 15) is 14.4 Å². The number of hydrogen-bond donors (Lipinski definition) is 1. The fourth-order valence-corrected chi connectivity index (χ4v) is 3.88. The fourth-order valence-electron chi connectivity index (χ4n) is 3.88. The van der Waals surface area contributed by atoms with Gasteiger partial charge in [-0.05, 0) is 36.8 Å². The van der Waals surface area contributed by atoms with Crippen LogP contribution in [0, 0.1) is 6.92 Å². The van der Waals surface area contributed by atoms with Gasteiger partial charge >= 0.3 is 0 Å². The first kappa shape index (κ1) is 16.3. The predicted octanol–water partition coefficient (Wildman–Crippen LogP) is 2.54. The Morgan fingerprint density at radius 3 is 2.65 bits per heavy atom. The lowest BCUT2D eigenvalue weighted by molar-refractivity contribution is -0.128. The van der Waals surface area contributed by atoms with Crippen molar-refractivity contribution in [2.24, 2.45) is 0 Å². The maximum Gasteiger partial charge on any atom is 0.271 e. The van der Waals surface area contributed by atoms with Gasteiger partial charge in [0.15, 0.2) is 0 Å². The van der Waals surface area contributed by atoms with Crippen molar-refractivity contribution >= 4 is 29.1 Å². The summed E-state index contributed by atoms with van der Waals surface area (Å²) in [4.78, 5) is 41.7. The molecule has 3 amide bonds. The average molecular weight is 349 g/mol. The number of amides is 3. The number of carbonyl (C=O) groups excluding carboxylic acids is 3. The molecule has 2 aliphatic rings. The monoisotopic (exact) mass is 349 g/mol. The largest absolute Gasteiger partial charge is 0.322 e. The number of benzene rings is 2. The van der Waals surface area contributed by atoms with Crippen LogP contribution >= 0.6 is 0 Å². The van der Waals surface area contributed by atoms with Crippen molar-refractivity contribution in [2.75, 3.05) is 17.3 Å². The summed E-state index contributed by atoms with van der Waals surface area (Å²) in [6.45, 7) is 1.94. The third kappa shape index (κ3) is 2.15. The molecule has 0 aliphatic carbocycles. The van der Waals surface area contributed by atoms with Gasteiger partial charge in [0.1, 0.15) is 0 Å². The fraction of sp³-hybridized carbons (Fsp3) is 0.250. The van der Waals surface area contributed by atoms with E-state index in [2.05, 4.69) is 5.32 Å². The summed E-state index contributed by atoms with van der Waals surface area (Å²) < 4.78 is 0. The smallest absolute Gasteiger partial charge is 0.271 e. The number of nitrogens with one attached hydrogen (secondary N) is 1. The molecular weight excluding hydrogens is 330 g/mol. The molecule has 6 nitrogen and oxygen atoms in total. The first-order valence-electron chi connectivity index (χ1n) is 8.53. The van der Waals surface area contributed by atoms with Gasteiger partial charge in [-0.1, -0.05) is 24.3 Å². The van der Waals surface area contributed by atoms with E-state index in [0.717, 1.165) is 5.56 Å². The highest BCUT2D eigenvalue weighted by Crippen LogP contribution is 2.44. The van der Waals surface area contributed by atoms with Crippen LogP contribution in [0.5, 0.6) is 0 Å². The molecule has 1 unspecified atom stereocenters. The van der Waals surface area contributed by atoms with Gasteiger partial charge in [0.25, 0.3) is 11.8 Å². The van der Waals surface area contributed by atoms with Crippen LogP contribution in [-0.4, -0.2) is 35.3 Å². The second-order valence-electron chi connectivity index (χ2n) is 6.75. The predicted molar refractivity (Wildman–Crippen MR) is 97.8 cm³/mol. The van der Waals surface area contributed by atoms with Crippen molar-refractivity contribution in [1.82, 2.24) is 4.90 Å². The maximum atomic E-state index is 13.3. The Balaban J connectivity index is 1.81. The molecule has 0 aromatic heterocycles. The van der Waals surface area contributed by atoms with Crippen molar-refractivity contribution in [1.29, 1.82) is 0 Å². The summed E-state index contributed by atoms with van der Waals surface area (Å²) in [5.41, 5.74) is 1.25. The molecule has 2 aromatic carbocycles. The zero-order valence-corrected chi connectivity index (χ0v) is 14.7. The molecule has 0 spiro atoms. The molecule has 6 heteroatoms. The molecule has 1 N–H and O–H groups in total. The molecule has 0 saturated carbocycles. The van der Waals surface area contributed by atoms with Crippen LogP contribution in [0.15, 0.2) is 48.5 Å². The molecule has 4 rings (SSSR count). The number of likely N-dealkylation sites (N-methyl/N-ethyl adjacent to an activating group) is 1. The van der Waals surface area contributed by atoms with E-state index < -0.39 is 5.66 Å². The molecule has 1 atom stereocenters. The number of carbonyl (C=O) groups is 3. The van der Waals surface area contributed by atoms with Gasteiger partial charge < -0.3 is 10.2 Å². The second-order valence-corrected chi connectivity index (χ2v) is 6.75. The van der Waals surface area contributed by atoms with E-state index in [-0.39, 0.29) is 30.6 Å². The Kier molecular flexibility index (Phi) is 3.57. The van der Waals surface area contributed by atoms with E-state index in [0.29, 0.717) is 16.9 Å². The molecule has 0 radical (unpaired) electrons. The highest BCUT2D eigenvalue weighted by molar-refractivity contribution is 6.18. The van der Waals surface area contributed by atoms with E-state index in [1.165, 1.54) is 9.80 Å². The summed E-state index contributed by atoms with van der Waals surface area (Å²) >= 11 is 0. The van der Waals surface area contributed by atoms with Crippen molar-refractivity contribution < 1.29 is 14.4 Å². The van der Waals surface area contributed by atoms with Crippen molar-refractivity contribution in [3.8, 4) is 0 Å². The average Bonchev–Trinajstić information content (AvgIpc) is 2.98. The molecule has 2 heterocycles. The van der Waals surface area contributed by atoms with Gasteiger partial charge in [-0.25, -0.2) is 0 Å². The minimum absolute atomic E-state index is 0.156. The SMILES string of the molecule is Cc1cccc(NC(=O)C23CCC(=O)N2c2ccccc2C(=O)N3C)c1. The third-order valence-electron chi connectivity index (χ3n) is 5.18. The summed E-state index contributed by atoms with van der Waals surface area (Å²) in [5, 5.41) is 2.89. The molecular formula is C20H19N3O3. The van der Waals surface area contributed by atoms with Crippen LogP contribution in [0.2, 0.25) is 0 Å². The van der Waals surface area contributed by atoms with Gasteiger partial charge in [-0.3, -0.25) is 19.3 Å². The van der Waals surface area contributed by atoms with E-state index in [1.807, 2.05) is 25.1 Å². The molecule has 2 aromatic rings. The van der Waals surface area contributed by atoms with Gasteiger partial charge in [-0.15, -0.1) is 0 Å². The topological polar surface area (TPSA) is 69.7 Å². The Hall–Kier alpha value is -3.15. The van der Waals surface area contributed by atoms with Crippen LogP contribution in [0.3, 0.4) is 0 Å². The Morgan fingerprint density at radius 2 is 1.88 bits per heavy atom. The minimum Gasteiger partial charge on any atom is -0.322 e. The minimum atomic E-state index is -1.34. The van der Waals surface area contributed by atoms with E-state index in [4.69, 9.17) is 0 Å². The number of fused-ring (bicyclic) bond motifs is 3. The summed E-state index contributed by atoms with van der Waals surface area (Å²) in [6.07, 6.45) is 0.479. The summed E-state index contributed by atoms with van der Waals surface area (Å²) in [6, 6.07) is 14.4. The number of rotatable bonds is 2. The second kappa shape index (κ2) is 5.69. The molecule has 1 fully saturated rings.